The van der Waals surface area contributed by atoms with Crippen LogP contribution in [0.2, 0.25) is 0 Å². The van der Waals surface area contributed by atoms with Crippen molar-refractivity contribution in [3.05, 3.63) is 68.0 Å². The average molecular weight is 377 g/mol. The molecule has 1 atom stereocenters. The smallest absolute Gasteiger partial charge is 0.326 e. The molecule has 6 nitrogen and oxygen atoms in total. The van der Waals surface area contributed by atoms with Gasteiger partial charge < -0.3 is 15.0 Å². The maximum Gasteiger partial charge on any atom is 0.326 e. The van der Waals surface area contributed by atoms with Crippen molar-refractivity contribution in [2.45, 2.75) is 19.0 Å². The molecule has 118 valence electrons. The van der Waals surface area contributed by atoms with Crippen molar-refractivity contribution in [2.75, 3.05) is 0 Å². The van der Waals surface area contributed by atoms with E-state index in [1.54, 1.807) is 0 Å². The second-order valence-corrected chi connectivity index (χ2v) is 6.18. The average Bonchev–Trinajstić information content (AvgIpc) is 2.55. The predicted molar refractivity (Wildman–Crippen MR) is 86.2 cm³/mol. The monoisotopic (exact) mass is 376 g/mol. The molecule has 2 N–H and O–H groups in total. The zero-order chi connectivity index (χ0) is 16.6. The number of nitrogens with zero attached hydrogens (tertiary/aromatic N) is 1. The Morgan fingerprint density at radius 3 is 2.61 bits per heavy atom. The first-order valence-corrected chi connectivity index (χ1v) is 7.75. The lowest BCUT2D eigenvalue weighted by Crippen LogP contribution is -2.48. The molecule has 7 heteroatoms. The summed E-state index contributed by atoms with van der Waals surface area (Å²) in [6, 6.07) is 7.96. The number of hydrogen-bond donors (Lipinski definition) is 2. The summed E-state index contributed by atoms with van der Waals surface area (Å²) >= 11 is 3.08. The van der Waals surface area contributed by atoms with Crippen molar-refractivity contribution < 1.29 is 14.7 Å². The third-order valence-corrected chi connectivity index (χ3v) is 4.49. The quantitative estimate of drug-likeness (QED) is 0.835. The third kappa shape index (κ3) is 2.92. The Morgan fingerprint density at radius 1 is 1.26 bits per heavy atom. The number of benzene rings is 1. The second kappa shape index (κ2) is 6.00. The van der Waals surface area contributed by atoms with Crippen LogP contribution >= 0.6 is 15.9 Å². The summed E-state index contributed by atoms with van der Waals surface area (Å²) in [7, 11) is 0. The van der Waals surface area contributed by atoms with E-state index >= 15 is 0 Å². The predicted octanol–water partition coefficient (Wildman–Crippen LogP) is 1.79. The van der Waals surface area contributed by atoms with Gasteiger partial charge in [-0.25, -0.2) is 4.79 Å². The molecule has 1 aliphatic rings. The van der Waals surface area contributed by atoms with Gasteiger partial charge in [0.2, 0.25) is 0 Å². The van der Waals surface area contributed by atoms with E-state index in [9.17, 15) is 19.5 Å². The zero-order valence-electron chi connectivity index (χ0n) is 12.0. The Kier molecular flexibility index (Phi) is 4.04. The molecular weight excluding hydrogens is 364 g/mol. The normalized spacial score (nSPS) is 16.7. The van der Waals surface area contributed by atoms with Gasteiger partial charge in [-0.05, 0) is 33.1 Å². The van der Waals surface area contributed by atoms with E-state index in [1.807, 2.05) is 24.3 Å². The third-order valence-electron chi connectivity index (χ3n) is 3.90. The van der Waals surface area contributed by atoms with Gasteiger partial charge in [0, 0.05) is 19.2 Å². The lowest BCUT2D eigenvalue weighted by molar-refractivity contribution is -0.142. The van der Waals surface area contributed by atoms with Crippen molar-refractivity contribution in [3.63, 3.8) is 0 Å². The fourth-order valence-electron chi connectivity index (χ4n) is 2.70. The highest BCUT2D eigenvalue weighted by Crippen LogP contribution is 2.25. The van der Waals surface area contributed by atoms with Crippen LogP contribution in [0.4, 0.5) is 0 Å². The fraction of sp³-hybridized carbons (Fsp3) is 0.188. The minimum atomic E-state index is -1.05. The summed E-state index contributed by atoms with van der Waals surface area (Å²) in [5, 5.41) is 9.47. The molecule has 2 heterocycles. The fourth-order valence-corrected chi connectivity index (χ4v) is 3.06. The number of aliphatic carboxylic acids is 1. The molecule has 0 saturated heterocycles. The molecule has 0 radical (unpaired) electrons. The van der Waals surface area contributed by atoms with Crippen molar-refractivity contribution >= 4 is 27.8 Å². The first kappa shape index (κ1) is 15.5. The van der Waals surface area contributed by atoms with Gasteiger partial charge in [-0.15, -0.1) is 0 Å². The van der Waals surface area contributed by atoms with E-state index in [2.05, 4.69) is 20.9 Å². The number of carboxylic acid groups (broad SMARTS) is 1. The van der Waals surface area contributed by atoms with Crippen molar-refractivity contribution in [2.24, 2.45) is 0 Å². The Morgan fingerprint density at radius 2 is 1.96 bits per heavy atom. The van der Waals surface area contributed by atoms with Crippen LogP contribution in [0.5, 0.6) is 0 Å². The van der Waals surface area contributed by atoms with Gasteiger partial charge in [0.1, 0.15) is 6.04 Å². The van der Waals surface area contributed by atoms with Gasteiger partial charge in [0.15, 0.2) is 0 Å². The number of carbonyl (C=O) groups is 2. The summed E-state index contributed by atoms with van der Waals surface area (Å²) in [6.45, 7) is 0.225. The molecule has 1 aromatic carbocycles. The van der Waals surface area contributed by atoms with Crippen LogP contribution < -0.4 is 5.56 Å². The molecule has 0 fully saturated rings. The van der Waals surface area contributed by atoms with Gasteiger partial charge in [-0.1, -0.05) is 24.3 Å². The van der Waals surface area contributed by atoms with Gasteiger partial charge in [0.05, 0.1) is 10.0 Å². The number of amides is 1. The highest BCUT2D eigenvalue weighted by Gasteiger charge is 2.35. The number of aromatic nitrogens is 1. The molecule has 3 rings (SSSR count). The SMILES string of the molecule is O=C(O)[C@H]1Cc2ccccc2CN1C(=O)c1c[nH]c(=O)c(Br)c1. The summed E-state index contributed by atoms with van der Waals surface area (Å²) in [5.74, 6) is -1.47. The molecule has 0 bridgehead atoms. The second-order valence-electron chi connectivity index (χ2n) is 5.33. The molecule has 0 unspecified atom stereocenters. The zero-order valence-corrected chi connectivity index (χ0v) is 13.5. The van der Waals surface area contributed by atoms with E-state index in [0.717, 1.165) is 11.1 Å². The number of pyridine rings is 1. The summed E-state index contributed by atoms with van der Waals surface area (Å²) in [6.07, 6.45) is 1.57. The maximum atomic E-state index is 12.7. The number of halogens is 1. The van der Waals surface area contributed by atoms with Crippen molar-refractivity contribution in [1.82, 2.24) is 9.88 Å². The lowest BCUT2D eigenvalue weighted by Gasteiger charge is -2.34. The van der Waals surface area contributed by atoms with Crippen LogP contribution in [0.15, 0.2) is 45.8 Å². The van der Waals surface area contributed by atoms with Crippen LogP contribution in [0, 0.1) is 0 Å². The molecule has 0 saturated carbocycles. The topological polar surface area (TPSA) is 90.5 Å². The molecule has 1 aromatic heterocycles. The Hall–Kier alpha value is -2.41. The lowest BCUT2D eigenvalue weighted by atomic mass is 9.93. The van der Waals surface area contributed by atoms with Gasteiger partial charge >= 0.3 is 5.97 Å². The first-order chi connectivity index (χ1) is 11.0. The number of hydrogen-bond acceptors (Lipinski definition) is 3. The molecule has 0 aliphatic carbocycles. The highest BCUT2D eigenvalue weighted by atomic mass is 79.9. The number of rotatable bonds is 2. The molecular formula is C16H13BrN2O4. The molecule has 1 aliphatic heterocycles. The van der Waals surface area contributed by atoms with E-state index in [-0.39, 0.29) is 28.6 Å². The molecule has 1 amide bonds. The van der Waals surface area contributed by atoms with Crippen LogP contribution in [0.25, 0.3) is 0 Å². The number of H-pyrrole nitrogens is 1. The largest absolute Gasteiger partial charge is 0.480 e. The Balaban J connectivity index is 1.99. The number of fused-ring (bicyclic) bond motifs is 1. The number of carboxylic acids is 1. The van der Waals surface area contributed by atoms with Crippen LogP contribution in [-0.2, 0) is 17.8 Å². The van der Waals surface area contributed by atoms with Crippen LogP contribution in [0.3, 0.4) is 0 Å². The first-order valence-electron chi connectivity index (χ1n) is 6.96. The van der Waals surface area contributed by atoms with Crippen LogP contribution in [-0.4, -0.2) is 32.9 Å². The van der Waals surface area contributed by atoms with Crippen molar-refractivity contribution in [1.29, 1.82) is 0 Å². The summed E-state index contributed by atoms with van der Waals surface area (Å²) in [4.78, 5) is 39.4. The molecule has 0 spiro atoms. The number of aromatic amines is 1. The highest BCUT2D eigenvalue weighted by molar-refractivity contribution is 9.10. The molecule has 23 heavy (non-hydrogen) atoms. The Labute approximate surface area is 139 Å². The van der Waals surface area contributed by atoms with Crippen molar-refractivity contribution in [3.8, 4) is 0 Å². The van der Waals surface area contributed by atoms with E-state index in [0.29, 0.717) is 0 Å². The Bertz CT molecular complexity index is 846. The summed E-state index contributed by atoms with van der Waals surface area (Å²) in [5.41, 5.74) is 1.76. The molecule has 2 aromatic rings. The van der Waals surface area contributed by atoms with E-state index < -0.39 is 17.9 Å². The van der Waals surface area contributed by atoms with Crippen LogP contribution in [0.1, 0.15) is 21.5 Å². The minimum absolute atomic E-state index is 0.225. The van der Waals surface area contributed by atoms with Gasteiger partial charge in [-0.3, -0.25) is 9.59 Å². The minimum Gasteiger partial charge on any atom is -0.480 e. The van der Waals surface area contributed by atoms with Gasteiger partial charge in [0.25, 0.3) is 11.5 Å². The maximum absolute atomic E-state index is 12.7. The number of nitrogens with one attached hydrogen (secondary N) is 1. The summed E-state index contributed by atoms with van der Waals surface area (Å²) < 4.78 is 0.229. The van der Waals surface area contributed by atoms with E-state index in [4.69, 9.17) is 0 Å². The van der Waals surface area contributed by atoms with E-state index in [1.165, 1.54) is 17.2 Å². The standard InChI is InChI=1S/C16H13BrN2O4/c17-12-5-11(7-18-14(12)20)15(21)19-8-10-4-2-1-3-9(10)6-13(19)16(22)23/h1-5,7,13H,6,8H2,(H,18,20)(H,22,23)/t13-/m1/s1. The number of carbonyl (C=O) groups excluding carboxylic acids is 1. The van der Waals surface area contributed by atoms with Gasteiger partial charge in [-0.2, -0.15) is 0 Å².